The summed E-state index contributed by atoms with van der Waals surface area (Å²) in [7, 11) is 4.03. The number of pyridine rings is 1. The highest BCUT2D eigenvalue weighted by atomic mass is 79.9. The van der Waals surface area contributed by atoms with E-state index in [0.29, 0.717) is 0 Å². The molecule has 106 valence electrons. The van der Waals surface area contributed by atoms with Crippen molar-refractivity contribution in [1.82, 2.24) is 10.3 Å². The Morgan fingerprint density at radius 2 is 2.00 bits per heavy atom. The van der Waals surface area contributed by atoms with Crippen LogP contribution >= 0.6 is 15.9 Å². The molecule has 1 aromatic carbocycles. The summed E-state index contributed by atoms with van der Waals surface area (Å²) in [6.45, 7) is 3.73. The molecule has 0 radical (unpaired) electrons. The molecule has 0 amide bonds. The normalized spacial score (nSPS) is 10.6. The van der Waals surface area contributed by atoms with Crippen LogP contribution in [0, 0.1) is 6.92 Å². The van der Waals surface area contributed by atoms with Crippen molar-refractivity contribution >= 4 is 21.7 Å². The zero-order valence-corrected chi connectivity index (χ0v) is 13.7. The minimum Gasteiger partial charge on any atom is -0.355 e. The fraction of sp³-hybridized carbons (Fsp3) is 0.312. The Labute approximate surface area is 129 Å². The van der Waals surface area contributed by atoms with Gasteiger partial charge in [-0.1, -0.05) is 34.1 Å². The van der Waals surface area contributed by atoms with Gasteiger partial charge in [0.15, 0.2) is 0 Å². The van der Waals surface area contributed by atoms with Crippen molar-refractivity contribution in [2.24, 2.45) is 0 Å². The zero-order valence-electron chi connectivity index (χ0n) is 12.2. The maximum absolute atomic E-state index is 4.62. The summed E-state index contributed by atoms with van der Waals surface area (Å²) < 4.78 is 1.13. The quantitative estimate of drug-likeness (QED) is 0.907. The number of aromatic nitrogens is 1. The van der Waals surface area contributed by atoms with Gasteiger partial charge in [0.25, 0.3) is 0 Å². The average Bonchev–Trinajstić information content (AvgIpc) is 2.41. The Bertz CT molecular complexity index is 584. The third-order valence-electron chi connectivity index (χ3n) is 3.14. The topological polar surface area (TPSA) is 28.2 Å². The highest BCUT2D eigenvalue weighted by Crippen LogP contribution is 2.21. The van der Waals surface area contributed by atoms with Crippen molar-refractivity contribution in [2.45, 2.75) is 20.0 Å². The van der Waals surface area contributed by atoms with E-state index in [4.69, 9.17) is 0 Å². The van der Waals surface area contributed by atoms with Gasteiger partial charge in [0, 0.05) is 30.3 Å². The monoisotopic (exact) mass is 333 g/mol. The van der Waals surface area contributed by atoms with E-state index < -0.39 is 0 Å². The SMILES string of the molecule is CNCc1cc(C)nc(N(C)Cc2ccccc2Br)c1. The zero-order chi connectivity index (χ0) is 14.5. The van der Waals surface area contributed by atoms with Crippen LogP contribution in [0.1, 0.15) is 16.8 Å². The lowest BCUT2D eigenvalue weighted by molar-refractivity contribution is 0.808. The van der Waals surface area contributed by atoms with Gasteiger partial charge in [-0.25, -0.2) is 4.98 Å². The van der Waals surface area contributed by atoms with Crippen molar-refractivity contribution in [3.8, 4) is 0 Å². The first kappa shape index (κ1) is 15.0. The number of hydrogen-bond acceptors (Lipinski definition) is 3. The standard InChI is InChI=1S/C16H20BrN3/c1-12-8-13(10-18-2)9-16(19-12)20(3)11-14-6-4-5-7-15(14)17/h4-9,18H,10-11H2,1-3H3. The second-order valence-electron chi connectivity index (χ2n) is 4.95. The molecule has 4 heteroatoms. The lowest BCUT2D eigenvalue weighted by Gasteiger charge is -2.20. The van der Waals surface area contributed by atoms with E-state index in [1.807, 2.05) is 20.0 Å². The molecule has 0 unspecified atom stereocenters. The van der Waals surface area contributed by atoms with E-state index in [-0.39, 0.29) is 0 Å². The fourth-order valence-electron chi connectivity index (χ4n) is 2.19. The number of aryl methyl sites for hydroxylation is 1. The Kier molecular flexibility index (Phi) is 5.15. The minimum atomic E-state index is 0.830. The van der Waals surface area contributed by atoms with Gasteiger partial charge >= 0.3 is 0 Å². The number of nitrogens with zero attached hydrogens (tertiary/aromatic N) is 2. The van der Waals surface area contributed by atoms with Crippen molar-refractivity contribution in [3.63, 3.8) is 0 Å². The van der Waals surface area contributed by atoms with Crippen LogP contribution in [0.2, 0.25) is 0 Å². The number of anilines is 1. The summed E-state index contributed by atoms with van der Waals surface area (Å²) in [5, 5.41) is 3.18. The van der Waals surface area contributed by atoms with Gasteiger partial charge < -0.3 is 10.2 Å². The highest BCUT2D eigenvalue weighted by Gasteiger charge is 2.08. The van der Waals surface area contributed by atoms with Crippen LogP contribution in [0.25, 0.3) is 0 Å². The first-order valence-corrected chi connectivity index (χ1v) is 7.46. The predicted molar refractivity (Wildman–Crippen MR) is 88.0 cm³/mol. The van der Waals surface area contributed by atoms with Crippen molar-refractivity contribution < 1.29 is 0 Å². The van der Waals surface area contributed by atoms with Crippen molar-refractivity contribution in [1.29, 1.82) is 0 Å². The molecule has 0 spiro atoms. The van der Waals surface area contributed by atoms with E-state index in [2.05, 4.69) is 68.5 Å². The Morgan fingerprint density at radius 1 is 1.25 bits per heavy atom. The van der Waals surface area contributed by atoms with Crippen LogP contribution in [0.3, 0.4) is 0 Å². The predicted octanol–water partition coefficient (Wildman–Crippen LogP) is 3.51. The number of benzene rings is 1. The molecule has 1 N–H and O–H groups in total. The lowest BCUT2D eigenvalue weighted by Crippen LogP contribution is -2.19. The molecule has 0 saturated heterocycles. The molecule has 0 aliphatic rings. The number of halogens is 1. The molecule has 0 aliphatic heterocycles. The second kappa shape index (κ2) is 6.86. The van der Waals surface area contributed by atoms with Gasteiger partial charge in [-0.15, -0.1) is 0 Å². The first-order valence-electron chi connectivity index (χ1n) is 6.67. The van der Waals surface area contributed by atoms with Gasteiger partial charge in [0.2, 0.25) is 0 Å². The second-order valence-corrected chi connectivity index (χ2v) is 5.81. The number of rotatable bonds is 5. The Hall–Kier alpha value is -1.39. The first-order chi connectivity index (χ1) is 9.60. The number of nitrogens with one attached hydrogen (secondary N) is 1. The fourth-order valence-corrected chi connectivity index (χ4v) is 2.60. The van der Waals surface area contributed by atoms with E-state index in [0.717, 1.165) is 29.1 Å². The molecule has 0 saturated carbocycles. The average molecular weight is 334 g/mol. The van der Waals surface area contributed by atoms with Gasteiger partial charge in [-0.3, -0.25) is 0 Å². The molecule has 20 heavy (non-hydrogen) atoms. The third-order valence-corrected chi connectivity index (χ3v) is 3.91. The van der Waals surface area contributed by atoms with Crippen LogP contribution in [-0.2, 0) is 13.1 Å². The molecule has 0 fully saturated rings. The summed E-state index contributed by atoms with van der Waals surface area (Å²) in [6, 6.07) is 12.5. The van der Waals surface area contributed by atoms with Gasteiger partial charge in [-0.05, 0) is 43.3 Å². The summed E-state index contributed by atoms with van der Waals surface area (Å²) in [5.41, 5.74) is 3.56. The number of hydrogen-bond donors (Lipinski definition) is 1. The lowest BCUT2D eigenvalue weighted by atomic mass is 10.2. The Morgan fingerprint density at radius 3 is 2.70 bits per heavy atom. The van der Waals surface area contributed by atoms with Crippen molar-refractivity contribution in [2.75, 3.05) is 19.0 Å². The smallest absolute Gasteiger partial charge is 0.129 e. The maximum Gasteiger partial charge on any atom is 0.129 e. The largest absolute Gasteiger partial charge is 0.355 e. The van der Waals surface area contributed by atoms with Crippen LogP contribution in [0.15, 0.2) is 40.9 Å². The molecule has 1 aromatic heterocycles. The molecule has 2 aromatic rings. The molecule has 0 aliphatic carbocycles. The Balaban J connectivity index is 2.20. The van der Waals surface area contributed by atoms with Gasteiger partial charge in [0.05, 0.1) is 0 Å². The molecule has 0 bridgehead atoms. The highest BCUT2D eigenvalue weighted by molar-refractivity contribution is 9.10. The molecule has 3 nitrogen and oxygen atoms in total. The van der Waals surface area contributed by atoms with E-state index >= 15 is 0 Å². The molecule has 1 heterocycles. The molecule has 0 atom stereocenters. The van der Waals surface area contributed by atoms with E-state index in [9.17, 15) is 0 Å². The summed E-state index contributed by atoms with van der Waals surface area (Å²) >= 11 is 3.59. The van der Waals surface area contributed by atoms with Crippen LogP contribution in [0.5, 0.6) is 0 Å². The summed E-state index contributed by atoms with van der Waals surface area (Å²) in [6.07, 6.45) is 0. The molecular weight excluding hydrogens is 314 g/mol. The van der Waals surface area contributed by atoms with Crippen LogP contribution in [0.4, 0.5) is 5.82 Å². The molecule has 2 rings (SSSR count). The van der Waals surface area contributed by atoms with E-state index in [1.54, 1.807) is 0 Å². The van der Waals surface area contributed by atoms with Gasteiger partial charge in [0.1, 0.15) is 5.82 Å². The molecular formula is C16H20BrN3. The van der Waals surface area contributed by atoms with Gasteiger partial charge in [-0.2, -0.15) is 0 Å². The van der Waals surface area contributed by atoms with E-state index in [1.165, 1.54) is 11.1 Å². The van der Waals surface area contributed by atoms with Crippen LogP contribution < -0.4 is 10.2 Å². The summed E-state index contributed by atoms with van der Waals surface area (Å²) in [5.74, 6) is 1.01. The third kappa shape index (κ3) is 3.81. The van der Waals surface area contributed by atoms with Crippen molar-refractivity contribution in [3.05, 3.63) is 57.7 Å². The summed E-state index contributed by atoms with van der Waals surface area (Å²) in [4.78, 5) is 6.80. The van der Waals surface area contributed by atoms with Crippen LogP contribution in [-0.4, -0.2) is 19.1 Å². The maximum atomic E-state index is 4.62. The minimum absolute atomic E-state index is 0.830.